The highest BCUT2D eigenvalue weighted by Gasteiger charge is 2.17. The van der Waals surface area contributed by atoms with Crippen molar-refractivity contribution in [3.8, 4) is 0 Å². The first-order valence-electron chi connectivity index (χ1n) is 3.83. The first-order valence-corrected chi connectivity index (χ1v) is 3.83. The Morgan fingerprint density at radius 2 is 2.31 bits per heavy atom. The molecule has 0 aromatic carbocycles. The number of aliphatic carboxylic acids is 1. The Hall–Kier alpha value is -1.50. The van der Waals surface area contributed by atoms with Crippen molar-refractivity contribution in [3.05, 3.63) is 5.82 Å². The third-order valence-corrected chi connectivity index (χ3v) is 1.62. The van der Waals surface area contributed by atoms with Crippen molar-refractivity contribution in [2.75, 3.05) is 0 Å². The van der Waals surface area contributed by atoms with Gasteiger partial charge < -0.3 is 5.11 Å². The van der Waals surface area contributed by atoms with E-state index in [1.807, 2.05) is 0 Å². The number of hydrogen-bond donors (Lipinski definition) is 3. The summed E-state index contributed by atoms with van der Waals surface area (Å²) in [5, 5.41) is 24.5. The van der Waals surface area contributed by atoms with Gasteiger partial charge in [-0.1, -0.05) is 5.21 Å². The van der Waals surface area contributed by atoms with Gasteiger partial charge in [0.25, 0.3) is 0 Å². The molecule has 1 heterocycles. The van der Waals surface area contributed by atoms with Crippen molar-refractivity contribution >= 4 is 5.97 Å². The first kappa shape index (κ1) is 9.59. The van der Waals surface area contributed by atoms with E-state index in [4.69, 9.17) is 5.11 Å². The monoisotopic (exact) mass is 185 g/mol. The van der Waals surface area contributed by atoms with Crippen LogP contribution in [0.5, 0.6) is 0 Å². The van der Waals surface area contributed by atoms with Crippen LogP contribution in [-0.4, -0.2) is 37.7 Å². The molecule has 0 aliphatic carbocycles. The van der Waals surface area contributed by atoms with Gasteiger partial charge in [-0.2, -0.15) is 5.21 Å². The second kappa shape index (κ2) is 3.94. The van der Waals surface area contributed by atoms with Crippen molar-refractivity contribution in [2.24, 2.45) is 0 Å². The molecule has 7 heteroatoms. The lowest BCUT2D eigenvalue weighted by atomic mass is 10.2. The maximum Gasteiger partial charge on any atom is 0.320 e. The number of nitrogens with zero attached hydrogens (tertiary/aromatic N) is 3. The Labute approximate surface area is 74.5 Å². The third-order valence-electron chi connectivity index (χ3n) is 1.62. The average Bonchev–Trinajstić information content (AvgIpc) is 2.55. The molecule has 7 nitrogen and oxygen atoms in total. The van der Waals surface area contributed by atoms with Crippen molar-refractivity contribution < 1.29 is 9.90 Å². The van der Waals surface area contributed by atoms with Crippen LogP contribution >= 0.6 is 0 Å². The molecule has 0 aliphatic rings. The summed E-state index contributed by atoms with van der Waals surface area (Å²) in [6.07, 6.45) is 0. The number of aromatic nitrogens is 4. The molecular weight excluding hydrogens is 174 g/mol. The quantitative estimate of drug-likeness (QED) is 0.574. The molecule has 0 aliphatic heterocycles. The molecule has 1 rings (SSSR count). The highest BCUT2D eigenvalue weighted by atomic mass is 16.4. The van der Waals surface area contributed by atoms with E-state index in [-0.39, 0.29) is 6.04 Å². The van der Waals surface area contributed by atoms with Crippen LogP contribution in [-0.2, 0) is 4.79 Å². The van der Waals surface area contributed by atoms with Gasteiger partial charge in [0.2, 0.25) is 0 Å². The lowest BCUT2D eigenvalue weighted by molar-refractivity contribution is -0.139. The van der Waals surface area contributed by atoms with E-state index in [1.54, 1.807) is 13.8 Å². The molecule has 0 amide bonds. The Bertz CT molecular complexity index is 273. The van der Waals surface area contributed by atoms with Crippen LogP contribution in [0.15, 0.2) is 0 Å². The summed E-state index contributed by atoms with van der Waals surface area (Å²) in [6, 6.07) is -0.863. The number of aromatic amines is 1. The number of H-pyrrole nitrogens is 1. The van der Waals surface area contributed by atoms with Gasteiger partial charge in [0.1, 0.15) is 6.04 Å². The van der Waals surface area contributed by atoms with Gasteiger partial charge in [-0.3, -0.25) is 10.1 Å². The van der Waals surface area contributed by atoms with Crippen LogP contribution in [0.2, 0.25) is 0 Å². The lowest BCUT2D eigenvalue weighted by Crippen LogP contribution is -2.35. The van der Waals surface area contributed by atoms with E-state index in [2.05, 4.69) is 25.9 Å². The summed E-state index contributed by atoms with van der Waals surface area (Å²) in [5.74, 6) is -0.455. The van der Waals surface area contributed by atoms with Crippen LogP contribution in [0.4, 0.5) is 0 Å². The van der Waals surface area contributed by atoms with Gasteiger partial charge in [-0.15, -0.1) is 10.2 Å². The highest BCUT2D eigenvalue weighted by Crippen LogP contribution is 2.04. The number of nitrogens with one attached hydrogen (secondary N) is 2. The fraction of sp³-hybridized carbons (Fsp3) is 0.667. The molecule has 0 saturated heterocycles. The zero-order valence-corrected chi connectivity index (χ0v) is 7.35. The summed E-state index contributed by atoms with van der Waals surface area (Å²) in [4.78, 5) is 10.5. The van der Waals surface area contributed by atoms with Crippen LogP contribution in [0.25, 0.3) is 0 Å². The molecule has 0 spiro atoms. The minimum absolute atomic E-state index is 0.232. The van der Waals surface area contributed by atoms with Gasteiger partial charge >= 0.3 is 5.97 Å². The smallest absolute Gasteiger partial charge is 0.320 e. The molecule has 1 aromatic rings. The number of rotatable bonds is 4. The van der Waals surface area contributed by atoms with Gasteiger partial charge in [-0.05, 0) is 13.8 Å². The predicted octanol–water partition coefficient (Wildman–Crippen LogP) is -0.677. The van der Waals surface area contributed by atoms with Crippen LogP contribution in [0.3, 0.4) is 0 Å². The molecule has 0 saturated carbocycles. The van der Waals surface area contributed by atoms with Gasteiger partial charge in [0.05, 0.1) is 6.04 Å². The normalized spacial score (nSPS) is 15.2. The van der Waals surface area contributed by atoms with Crippen molar-refractivity contribution in [3.63, 3.8) is 0 Å². The van der Waals surface area contributed by atoms with Crippen LogP contribution < -0.4 is 5.32 Å². The average molecular weight is 185 g/mol. The molecular formula is C6H11N5O2. The summed E-state index contributed by atoms with van der Waals surface area (Å²) < 4.78 is 0. The molecule has 0 fully saturated rings. The van der Waals surface area contributed by atoms with Gasteiger partial charge in [0.15, 0.2) is 5.82 Å². The van der Waals surface area contributed by atoms with Crippen molar-refractivity contribution in [1.82, 2.24) is 25.9 Å². The lowest BCUT2D eigenvalue weighted by Gasteiger charge is -2.12. The summed E-state index contributed by atoms with van der Waals surface area (Å²) in [7, 11) is 0. The Morgan fingerprint density at radius 3 is 2.77 bits per heavy atom. The van der Waals surface area contributed by atoms with E-state index < -0.39 is 12.0 Å². The molecule has 72 valence electrons. The SMILES string of the molecule is CC(NC(C)c1nn[nH]n1)C(=O)O. The zero-order chi connectivity index (χ0) is 9.84. The second-order valence-corrected chi connectivity index (χ2v) is 2.72. The number of carbonyl (C=O) groups is 1. The zero-order valence-electron chi connectivity index (χ0n) is 7.35. The number of hydrogen-bond acceptors (Lipinski definition) is 5. The largest absolute Gasteiger partial charge is 0.480 e. The molecule has 1 aromatic heterocycles. The topological polar surface area (TPSA) is 104 Å². The number of tetrazole rings is 1. The van der Waals surface area contributed by atoms with E-state index >= 15 is 0 Å². The third kappa shape index (κ3) is 2.48. The minimum atomic E-state index is -0.907. The fourth-order valence-corrected chi connectivity index (χ4v) is 0.874. The molecule has 2 unspecified atom stereocenters. The number of carboxylic acid groups (broad SMARTS) is 1. The molecule has 0 bridgehead atoms. The Balaban J connectivity index is 2.51. The van der Waals surface area contributed by atoms with E-state index in [1.165, 1.54) is 0 Å². The fourth-order valence-electron chi connectivity index (χ4n) is 0.874. The molecule has 0 radical (unpaired) electrons. The van der Waals surface area contributed by atoms with Crippen molar-refractivity contribution in [2.45, 2.75) is 25.9 Å². The van der Waals surface area contributed by atoms with Gasteiger partial charge in [0, 0.05) is 0 Å². The summed E-state index contributed by atoms with van der Waals surface area (Å²) in [6.45, 7) is 3.32. The van der Waals surface area contributed by atoms with E-state index in [0.29, 0.717) is 5.82 Å². The number of carboxylic acids is 1. The second-order valence-electron chi connectivity index (χ2n) is 2.72. The Kier molecular flexibility index (Phi) is 2.91. The minimum Gasteiger partial charge on any atom is -0.480 e. The maximum atomic E-state index is 10.5. The van der Waals surface area contributed by atoms with E-state index in [9.17, 15) is 4.79 Å². The summed E-state index contributed by atoms with van der Waals surface area (Å²) in [5.41, 5.74) is 0. The molecule has 3 N–H and O–H groups in total. The highest BCUT2D eigenvalue weighted by molar-refractivity contribution is 5.72. The van der Waals surface area contributed by atoms with Gasteiger partial charge in [-0.25, -0.2) is 0 Å². The molecule has 2 atom stereocenters. The molecule has 13 heavy (non-hydrogen) atoms. The first-order chi connectivity index (χ1) is 6.11. The van der Waals surface area contributed by atoms with E-state index in [0.717, 1.165) is 0 Å². The summed E-state index contributed by atoms with van der Waals surface area (Å²) >= 11 is 0. The predicted molar refractivity (Wildman–Crippen MR) is 42.8 cm³/mol. The Morgan fingerprint density at radius 1 is 1.62 bits per heavy atom. The standard InChI is InChI=1S/C6H11N5O2/c1-3(5-8-10-11-9-5)7-4(2)6(12)13/h3-4,7H,1-2H3,(H,12,13)(H,8,9,10,11). The van der Waals surface area contributed by atoms with Crippen LogP contribution in [0, 0.1) is 0 Å². The van der Waals surface area contributed by atoms with Crippen LogP contribution in [0.1, 0.15) is 25.7 Å². The van der Waals surface area contributed by atoms with Crippen molar-refractivity contribution in [1.29, 1.82) is 0 Å². The maximum absolute atomic E-state index is 10.5.